The Morgan fingerprint density at radius 2 is 1.74 bits per heavy atom. The molecule has 2 N–H and O–H groups in total. The van der Waals surface area contributed by atoms with Crippen LogP contribution in [0.3, 0.4) is 0 Å². The van der Waals surface area contributed by atoms with Crippen molar-refractivity contribution in [1.29, 1.82) is 0 Å². The highest BCUT2D eigenvalue weighted by Gasteiger charge is 2.50. The summed E-state index contributed by atoms with van der Waals surface area (Å²) in [4.78, 5) is 4.09. The Hall–Kier alpha value is -1.05. The molecule has 5 rings (SSSR count). The summed E-state index contributed by atoms with van der Waals surface area (Å²) in [7, 11) is 0. The van der Waals surface area contributed by atoms with Gasteiger partial charge in [-0.2, -0.15) is 0 Å². The number of nitrogens with two attached hydrogens (primary N) is 1. The van der Waals surface area contributed by atoms with E-state index in [1.807, 2.05) is 6.20 Å². The van der Waals surface area contributed by atoms with Crippen molar-refractivity contribution in [1.82, 2.24) is 4.98 Å². The van der Waals surface area contributed by atoms with Gasteiger partial charge in [0.05, 0.1) is 0 Å². The molecule has 2 heteroatoms. The third-order valence-corrected chi connectivity index (χ3v) is 5.95. The molecule has 4 saturated carbocycles. The van der Waals surface area contributed by atoms with Gasteiger partial charge < -0.3 is 5.73 Å². The molecule has 102 valence electrons. The molecule has 0 radical (unpaired) electrons. The standard InChI is InChI=1S/C17H24N2/c18-16-8-12(2-4-19-16)1-3-17-9-13-5-14(10-17)7-15(6-13)11-17/h2,4,8,13-15H,1,3,5-7,9-11H2,(H2,18,19). The monoisotopic (exact) mass is 256 g/mol. The maximum atomic E-state index is 5.78. The number of nitrogens with zero attached hydrogens (tertiary/aromatic N) is 1. The Bertz CT molecular complexity index is 445. The van der Waals surface area contributed by atoms with E-state index >= 15 is 0 Å². The molecule has 1 heterocycles. The summed E-state index contributed by atoms with van der Waals surface area (Å²) >= 11 is 0. The molecule has 4 aliphatic rings. The predicted molar refractivity (Wildman–Crippen MR) is 77.6 cm³/mol. The van der Waals surface area contributed by atoms with Gasteiger partial charge in [0.1, 0.15) is 5.82 Å². The number of nitrogen functional groups attached to an aromatic ring is 1. The van der Waals surface area contributed by atoms with Crippen molar-refractivity contribution in [2.45, 2.75) is 51.4 Å². The second-order valence-electron chi connectivity index (χ2n) is 7.51. The zero-order valence-electron chi connectivity index (χ0n) is 11.6. The predicted octanol–water partition coefficient (Wildman–Crippen LogP) is 3.81. The van der Waals surface area contributed by atoms with E-state index in [1.165, 1.54) is 37.7 Å². The van der Waals surface area contributed by atoms with Crippen LogP contribution in [-0.2, 0) is 6.42 Å². The van der Waals surface area contributed by atoms with Crippen molar-refractivity contribution in [3.05, 3.63) is 23.9 Å². The van der Waals surface area contributed by atoms with Crippen molar-refractivity contribution in [3.8, 4) is 0 Å². The molecule has 1 aromatic rings. The minimum atomic E-state index is 0.669. The first-order chi connectivity index (χ1) is 9.21. The molecule has 0 atom stereocenters. The lowest BCUT2D eigenvalue weighted by Crippen LogP contribution is -2.46. The van der Waals surface area contributed by atoms with Crippen LogP contribution in [0, 0.1) is 23.2 Å². The van der Waals surface area contributed by atoms with Crippen molar-refractivity contribution < 1.29 is 0 Å². The van der Waals surface area contributed by atoms with E-state index in [4.69, 9.17) is 5.73 Å². The lowest BCUT2D eigenvalue weighted by Gasteiger charge is -2.57. The summed E-state index contributed by atoms with van der Waals surface area (Å²) in [6.07, 6.45) is 13.6. The van der Waals surface area contributed by atoms with Crippen LogP contribution in [0.1, 0.15) is 50.5 Å². The van der Waals surface area contributed by atoms with E-state index in [-0.39, 0.29) is 0 Å². The molecule has 4 fully saturated rings. The summed E-state index contributed by atoms with van der Waals surface area (Å²) in [5.74, 6) is 3.86. The van der Waals surface area contributed by atoms with E-state index in [0.717, 1.165) is 17.8 Å². The third-order valence-electron chi connectivity index (χ3n) is 5.95. The highest BCUT2D eigenvalue weighted by atomic mass is 14.8. The summed E-state index contributed by atoms with van der Waals surface area (Å²) in [6, 6.07) is 4.19. The average molecular weight is 256 g/mol. The summed E-state index contributed by atoms with van der Waals surface area (Å²) in [6.45, 7) is 0. The van der Waals surface area contributed by atoms with Crippen LogP contribution in [-0.4, -0.2) is 4.98 Å². The molecular weight excluding hydrogens is 232 g/mol. The van der Waals surface area contributed by atoms with Gasteiger partial charge in [0.25, 0.3) is 0 Å². The van der Waals surface area contributed by atoms with E-state index in [9.17, 15) is 0 Å². The third kappa shape index (κ3) is 2.15. The maximum absolute atomic E-state index is 5.78. The van der Waals surface area contributed by atoms with E-state index in [1.54, 1.807) is 19.3 Å². The molecule has 0 unspecified atom stereocenters. The molecule has 4 bridgehead atoms. The quantitative estimate of drug-likeness (QED) is 0.893. The molecular formula is C17H24N2. The number of hydrogen-bond donors (Lipinski definition) is 1. The Morgan fingerprint density at radius 1 is 1.11 bits per heavy atom. The van der Waals surface area contributed by atoms with Crippen LogP contribution in [0.2, 0.25) is 0 Å². The topological polar surface area (TPSA) is 38.9 Å². The van der Waals surface area contributed by atoms with Gasteiger partial charge >= 0.3 is 0 Å². The van der Waals surface area contributed by atoms with Gasteiger partial charge in [-0.05, 0) is 92.2 Å². The first-order valence-electron chi connectivity index (χ1n) is 7.91. The molecule has 2 nitrogen and oxygen atoms in total. The fourth-order valence-corrected chi connectivity index (χ4v) is 5.66. The second-order valence-corrected chi connectivity index (χ2v) is 7.51. The van der Waals surface area contributed by atoms with Crippen LogP contribution in [0.25, 0.3) is 0 Å². The molecule has 0 saturated heterocycles. The SMILES string of the molecule is Nc1cc(CCC23CC4CC(CC(C4)C2)C3)ccn1. The summed E-state index contributed by atoms with van der Waals surface area (Å²) < 4.78 is 0. The Labute approximate surface area is 115 Å². The van der Waals surface area contributed by atoms with E-state index in [0.29, 0.717) is 11.2 Å². The summed E-state index contributed by atoms with van der Waals surface area (Å²) in [5, 5.41) is 0. The fourth-order valence-electron chi connectivity index (χ4n) is 5.66. The lowest BCUT2D eigenvalue weighted by atomic mass is 9.48. The summed E-state index contributed by atoms with van der Waals surface area (Å²) in [5.41, 5.74) is 7.85. The normalized spacial score (nSPS) is 39.7. The number of anilines is 1. The number of aryl methyl sites for hydroxylation is 1. The minimum Gasteiger partial charge on any atom is -0.384 e. The van der Waals surface area contributed by atoms with Crippen LogP contribution < -0.4 is 5.73 Å². The van der Waals surface area contributed by atoms with Crippen molar-refractivity contribution in [2.24, 2.45) is 23.2 Å². The molecule has 0 amide bonds. The Kier molecular flexibility index (Phi) is 2.61. The van der Waals surface area contributed by atoms with Crippen molar-refractivity contribution >= 4 is 5.82 Å². The smallest absolute Gasteiger partial charge is 0.123 e. The zero-order valence-corrected chi connectivity index (χ0v) is 11.6. The number of pyridine rings is 1. The van der Waals surface area contributed by atoms with Crippen LogP contribution in [0.15, 0.2) is 18.3 Å². The van der Waals surface area contributed by atoms with Gasteiger partial charge in [-0.15, -0.1) is 0 Å². The van der Waals surface area contributed by atoms with Gasteiger partial charge in [0.2, 0.25) is 0 Å². The van der Waals surface area contributed by atoms with Crippen molar-refractivity contribution in [2.75, 3.05) is 5.73 Å². The van der Waals surface area contributed by atoms with Gasteiger partial charge in [-0.25, -0.2) is 4.98 Å². The largest absolute Gasteiger partial charge is 0.384 e. The number of aromatic nitrogens is 1. The fraction of sp³-hybridized carbons (Fsp3) is 0.706. The van der Waals surface area contributed by atoms with E-state index in [2.05, 4.69) is 17.1 Å². The Balaban J connectivity index is 1.48. The molecule has 4 aliphatic carbocycles. The number of hydrogen-bond acceptors (Lipinski definition) is 2. The first-order valence-corrected chi connectivity index (χ1v) is 7.91. The van der Waals surface area contributed by atoms with Gasteiger partial charge in [0.15, 0.2) is 0 Å². The minimum absolute atomic E-state index is 0.669. The molecule has 19 heavy (non-hydrogen) atoms. The van der Waals surface area contributed by atoms with Gasteiger partial charge in [-0.3, -0.25) is 0 Å². The lowest BCUT2D eigenvalue weighted by molar-refractivity contribution is -0.0569. The van der Waals surface area contributed by atoms with Crippen LogP contribution in [0.5, 0.6) is 0 Å². The molecule has 0 aromatic carbocycles. The molecule has 0 spiro atoms. The van der Waals surface area contributed by atoms with Crippen LogP contribution >= 0.6 is 0 Å². The Morgan fingerprint density at radius 3 is 2.32 bits per heavy atom. The van der Waals surface area contributed by atoms with Crippen LogP contribution in [0.4, 0.5) is 5.82 Å². The molecule has 1 aromatic heterocycles. The van der Waals surface area contributed by atoms with Crippen molar-refractivity contribution in [3.63, 3.8) is 0 Å². The molecule has 0 aliphatic heterocycles. The van der Waals surface area contributed by atoms with Gasteiger partial charge in [-0.1, -0.05) is 0 Å². The average Bonchev–Trinajstić information content (AvgIpc) is 2.35. The maximum Gasteiger partial charge on any atom is 0.123 e. The van der Waals surface area contributed by atoms with Gasteiger partial charge in [0, 0.05) is 6.20 Å². The van der Waals surface area contributed by atoms with E-state index < -0.39 is 0 Å². The zero-order chi connectivity index (χ0) is 12.9. The number of rotatable bonds is 3. The highest BCUT2D eigenvalue weighted by molar-refractivity contribution is 5.31. The second kappa shape index (κ2) is 4.22. The first kappa shape index (κ1) is 11.7. The highest BCUT2D eigenvalue weighted by Crippen LogP contribution is 2.61.